The van der Waals surface area contributed by atoms with E-state index in [2.05, 4.69) is 10.3 Å². The van der Waals surface area contributed by atoms with Crippen LogP contribution in [0.15, 0.2) is 47.2 Å². The standard InChI is InChI=1S/C14H12N2O3S2/c17-13(15-11-6-7-21(18,19)9-11)14-16-12(8-20-14)10-4-2-1-3-5-10/h1-8,11H,9H2,(H,15,17)/t11-/m0/s1. The van der Waals surface area contributed by atoms with E-state index in [1.807, 2.05) is 35.7 Å². The maximum Gasteiger partial charge on any atom is 0.280 e. The lowest BCUT2D eigenvalue weighted by molar-refractivity contribution is 0.0947. The van der Waals surface area contributed by atoms with Gasteiger partial charge in [0, 0.05) is 16.4 Å². The summed E-state index contributed by atoms with van der Waals surface area (Å²) in [5.41, 5.74) is 1.68. The number of amides is 1. The molecule has 0 fully saturated rings. The van der Waals surface area contributed by atoms with Crippen LogP contribution >= 0.6 is 11.3 Å². The van der Waals surface area contributed by atoms with Crippen LogP contribution in [0.3, 0.4) is 0 Å². The Morgan fingerprint density at radius 1 is 1.29 bits per heavy atom. The normalized spacial score (nSPS) is 19.5. The third kappa shape index (κ3) is 3.20. The summed E-state index contributed by atoms with van der Waals surface area (Å²) in [6, 6.07) is 9.08. The average molecular weight is 320 g/mol. The van der Waals surface area contributed by atoms with Crippen LogP contribution in [0, 0.1) is 0 Å². The summed E-state index contributed by atoms with van der Waals surface area (Å²) < 4.78 is 22.6. The molecule has 3 rings (SSSR count). The Bertz CT molecular complexity index is 795. The third-order valence-corrected chi connectivity index (χ3v) is 5.25. The van der Waals surface area contributed by atoms with E-state index >= 15 is 0 Å². The minimum atomic E-state index is -3.17. The van der Waals surface area contributed by atoms with Gasteiger partial charge in [-0.15, -0.1) is 11.3 Å². The fourth-order valence-electron chi connectivity index (χ4n) is 2.02. The first-order valence-corrected chi connectivity index (χ1v) is 8.86. The molecule has 1 aromatic carbocycles. The summed E-state index contributed by atoms with van der Waals surface area (Å²) in [7, 11) is -3.17. The van der Waals surface area contributed by atoms with Crippen LogP contribution in [-0.2, 0) is 9.84 Å². The van der Waals surface area contributed by atoms with Crippen LogP contribution in [-0.4, -0.2) is 31.1 Å². The van der Waals surface area contributed by atoms with E-state index in [9.17, 15) is 13.2 Å². The van der Waals surface area contributed by atoms with Gasteiger partial charge in [0.05, 0.1) is 17.5 Å². The van der Waals surface area contributed by atoms with Crippen molar-refractivity contribution in [3.05, 3.63) is 52.2 Å². The number of hydrogen-bond donors (Lipinski definition) is 1. The van der Waals surface area contributed by atoms with E-state index in [1.165, 1.54) is 17.4 Å². The Kier molecular flexibility index (Phi) is 3.60. The van der Waals surface area contributed by atoms with Gasteiger partial charge in [0.1, 0.15) is 0 Å². The van der Waals surface area contributed by atoms with Gasteiger partial charge in [-0.1, -0.05) is 30.3 Å². The summed E-state index contributed by atoms with van der Waals surface area (Å²) >= 11 is 1.24. The number of carbonyl (C=O) groups is 1. The Hall–Kier alpha value is -1.99. The molecule has 0 unspecified atom stereocenters. The lowest BCUT2D eigenvalue weighted by Gasteiger charge is -2.07. The number of rotatable bonds is 3. The van der Waals surface area contributed by atoms with Crippen molar-refractivity contribution in [2.75, 3.05) is 5.75 Å². The highest BCUT2D eigenvalue weighted by Gasteiger charge is 2.24. The van der Waals surface area contributed by atoms with Gasteiger partial charge in [-0.2, -0.15) is 0 Å². The van der Waals surface area contributed by atoms with Gasteiger partial charge in [0.2, 0.25) is 0 Å². The second kappa shape index (κ2) is 5.42. The van der Waals surface area contributed by atoms with Gasteiger partial charge in [0.25, 0.3) is 5.91 Å². The van der Waals surface area contributed by atoms with Crippen molar-refractivity contribution < 1.29 is 13.2 Å². The minimum absolute atomic E-state index is 0.0876. The average Bonchev–Trinajstić information content (AvgIpc) is 3.07. The highest BCUT2D eigenvalue weighted by molar-refractivity contribution is 7.94. The monoisotopic (exact) mass is 320 g/mol. The Morgan fingerprint density at radius 2 is 2.05 bits per heavy atom. The zero-order valence-electron chi connectivity index (χ0n) is 10.9. The van der Waals surface area contributed by atoms with E-state index in [4.69, 9.17) is 0 Å². The highest BCUT2D eigenvalue weighted by Crippen LogP contribution is 2.21. The number of aromatic nitrogens is 1. The summed E-state index contributed by atoms with van der Waals surface area (Å²) in [5, 5.41) is 5.93. The molecule has 1 aliphatic rings. The van der Waals surface area contributed by atoms with Crippen LogP contribution in [0.4, 0.5) is 0 Å². The van der Waals surface area contributed by atoms with Crippen molar-refractivity contribution in [3.8, 4) is 11.3 Å². The molecular weight excluding hydrogens is 308 g/mol. The first kappa shape index (κ1) is 14.0. The molecule has 1 amide bonds. The zero-order valence-corrected chi connectivity index (χ0v) is 12.5. The number of carbonyl (C=O) groups excluding carboxylic acids is 1. The Labute approximate surface area is 126 Å². The summed E-state index contributed by atoms with van der Waals surface area (Å²) in [6.45, 7) is 0. The molecule has 0 radical (unpaired) electrons. The zero-order chi connectivity index (χ0) is 14.9. The van der Waals surface area contributed by atoms with Crippen LogP contribution in [0.5, 0.6) is 0 Å². The topological polar surface area (TPSA) is 76.1 Å². The van der Waals surface area contributed by atoms with Crippen molar-refractivity contribution in [1.29, 1.82) is 0 Å². The molecule has 5 nitrogen and oxygen atoms in total. The number of hydrogen-bond acceptors (Lipinski definition) is 5. The predicted molar refractivity (Wildman–Crippen MR) is 81.7 cm³/mol. The van der Waals surface area contributed by atoms with Crippen molar-refractivity contribution in [3.63, 3.8) is 0 Å². The van der Waals surface area contributed by atoms with Crippen LogP contribution < -0.4 is 5.32 Å². The molecule has 108 valence electrons. The van der Waals surface area contributed by atoms with E-state index in [0.717, 1.165) is 16.7 Å². The van der Waals surface area contributed by atoms with Crippen molar-refractivity contribution in [1.82, 2.24) is 10.3 Å². The molecule has 7 heteroatoms. The smallest absolute Gasteiger partial charge is 0.280 e. The van der Waals surface area contributed by atoms with Crippen LogP contribution in [0.25, 0.3) is 11.3 Å². The summed E-state index contributed by atoms with van der Waals surface area (Å²) in [4.78, 5) is 16.4. The van der Waals surface area contributed by atoms with Gasteiger partial charge in [-0.25, -0.2) is 13.4 Å². The molecule has 1 N–H and O–H groups in total. The number of thiazole rings is 1. The Balaban J connectivity index is 1.72. The van der Waals surface area contributed by atoms with Crippen molar-refractivity contribution in [2.24, 2.45) is 0 Å². The molecule has 0 bridgehead atoms. The summed E-state index contributed by atoms with van der Waals surface area (Å²) in [5.74, 6) is -0.440. The molecule has 2 heterocycles. The molecule has 0 saturated carbocycles. The minimum Gasteiger partial charge on any atom is -0.343 e. The van der Waals surface area contributed by atoms with E-state index in [1.54, 1.807) is 0 Å². The molecule has 21 heavy (non-hydrogen) atoms. The van der Waals surface area contributed by atoms with Crippen molar-refractivity contribution in [2.45, 2.75) is 6.04 Å². The fourth-order valence-corrected chi connectivity index (χ4v) is 3.98. The Morgan fingerprint density at radius 3 is 2.71 bits per heavy atom. The molecule has 1 atom stereocenters. The molecule has 2 aromatic rings. The fraction of sp³-hybridized carbons (Fsp3) is 0.143. The summed E-state index contributed by atoms with van der Waals surface area (Å²) in [6.07, 6.45) is 1.49. The second-order valence-corrected chi connectivity index (χ2v) is 7.43. The first-order valence-electron chi connectivity index (χ1n) is 6.26. The van der Waals surface area contributed by atoms with Gasteiger partial charge in [-0.05, 0) is 6.08 Å². The SMILES string of the molecule is O=C(N[C@H]1C=CS(=O)(=O)C1)c1nc(-c2ccccc2)cs1. The second-order valence-electron chi connectivity index (χ2n) is 4.64. The quantitative estimate of drug-likeness (QED) is 0.936. The van der Waals surface area contributed by atoms with Crippen LogP contribution in [0.1, 0.15) is 9.80 Å². The van der Waals surface area contributed by atoms with Gasteiger partial charge in [-0.3, -0.25) is 4.79 Å². The van der Waals surface area contributed by atoms with Gasteiger partial charge in [0.15, 0.2) is 14.8 Å². The number of benzene rings is 1. The predicted octanol–water partition coefficient (Wildman–Crippen LogP) is 1.85. The largest absolute Gasteiger partial charge is 0.343 e. The highest BCUT2D eigenvalue weighted by atomic mass is 32.2. The first-order chi connectivity index (χ1) is 10.0. The maximum absolute atomic E-state index is 12.1. The number of nitrogens with zero attached hydrogens (tertiary/aromatic N) is 1. The van der Waals surface area contributed by atoms with Gasteiger partial charge < -0.3 is 5.32 Å². The van der Waals surface area contributed by atoms with E-state index < -0.39 is 15.9 Å². The van der Waals surface area contributed by atoms with Crippen molar-refractivity contribution >= 4 is 27.1 Å². The molecule has 1 aromatic heterocycles. The lowest BCUT2D eigenvalue weighted by atomic mass is 10.2. The van der Waals surface area contributed by atoms with Crippen LogP contribution in [0.2, 0.25) is 0 Å². The number of nitrogens with one attached hydrogen (secondary N) is 1. The van der Waals surface area contributed by atoms with E-state index in [-0.39, 0.29) is 11.7 Å². The lowest BCUT2D eigenvalue weighted by Crippen LogP contribution is -2.35. The molecular formula is C14H12N2O3S2. The molecule has 1 aliphatic heterocycles. The third-order valence-electron chi connectivity index (χ3n) is 3.01. The molecule has 0 saturated heterocycles. The molecule has 0 spiro atoms. The van der Waals surface area contributed by atoms with Gasteiger partial charge >= 0.3 is 0 Å². The van der Waals surface area contributed by atoms with E-state index in [0.29, 0.717) is 5.01 Å². The maximum atomic E-state index is 12.1. The molecule has 0 aliphatic carbocycles. The number of sulfone groups is 1.